The molecule has 0 aliphatic rings. The molecule has 0 saturated carbocycles. The van der Waals surface area contributed by atoms with Gasteiger partial charge in [-0.05, 0) is 12.5 Å². The molecule has 2 N–H and O–H groups in total. The van der Waals surface area contributed by atoms with Crippen molar-refractivity contribution in [3.8, 4) is 0 Å². The van der Waals surface area contributed by atoms with Crippen LogP contribution in [0, 0.1) is 0 Å². The summed E-state index contributed by atoms with van der Waals surface area (Å²) in [5.41, 5.74) is 5.81. The van der Waals surface area contributed by atoms with Gasteiger partial charge in [-0.1, -0.05) is 30.3 Å². The summed E-state index contributed by atoms with van der Waals surface area (Å²) in [6, 6.07) is 9.44. The molecule has 3 nitrogen and oxygen atoms in total. The molecule has 0 heterocycles. The van der Waals surface area contributed by atoms with Crippen molar-refractivity contribution >= 4 is 18.5 Å². The molecule has 0 radical (unpaired) electrons. The minimum Gasteiger partial charge on any atom is -0.442 e. The SMILES string of the molecule is CC(OC(N)=O)c1ccccc1.Cl. The van der Waals surface area contributed by atoms with Crippen molar-refractivity contribution < 1.29 is 9.53 Å². The maximum Gasteiger partial charge on any atom is 0.405 e. The predicted octanol–water partition coefficient (Wildman–Crippen LogP) is 2.26. The first-order valence-electron chi connectivity index (χ1n) is 3.71. The molecule has 1 unspecified atom stereocenters. The zero-order valence-corrected chi connectivity index (χ0v) is 8.08. The summed E-state index contributed by atoms with van der Waals surface area (Å²) in [5, 5.41) is 0. The van der Waals surface area contributed by atoms with Crippen LogP contribution in [0.4, 0.5) is 4.79 Å². The Kier molecular flexibility index (Phi) is 4.92. The second kappa shape index (κ2) is 5.43. The van der Waals surface area contributed by atoms with Gasteiger partial charge in [-0.25, -0.2) is 4.79 Å². The van der Waals surface area contributed by atoms with Crippen molar-refractivity contribution in [2.45, 2.75) is 13.0 Å². The van der Waals surface area contributed by atoms with Gasteiger partial charge in [-0.2, -0.15) is 0 Å². The van der Waals surface area contributed by atoms with Crippen molar-refractivity contribution in [3.63, 3.8) is 0 Å². The molecule has 72 valence electrons. The Morgan fingerprint density at radius 2 is 1.92 bits per heavy atom. The smallest absolute Gasteiger partial charge is 0.405 e. The van der Waals surface area contributed by atoms with Crippen LogP contribution in [0.15, 0.2) is 30.3 Å². The molecule has 0 aliphatic heterocycles. The molecule has 1 amide bonds. The van der Waals surface area contributed by atoms with Crippen molar-refractivity contribution in [3.05, 3.63) is 35.9 Å². The van der Waals surface area contributed by atoms with Crippen LogP contribution in [0.3, 0.4) is 0 Å². The van der Waals surface area contributed by atoms with Crippen molar-refractivity contribution in [2.24, 2.45) is 5.73 Å². The van der Waals surface area contributed by atoms with Crippen molar-refractivity contribution in [1.82, 2.24) is 0 Å². The van der Waals surface area contributed by atoms with E-state index in [0.29, 0.717) is 0 Å². The number of hydrogen-bond donors (Lipinski definition) is 1. The van der Waals surface area contributed by atoms with E-state index in [-0.39, 0.29) is 18.5 Å². The molecule has 1 rings (SSSR count). The van der Waals surface area contributed by atoms with E-state index in [9.17, 15) is 4.79 Å². The lowest BCUT2D eigenvalue weighted by Gasteiger charge is -2.10. The van der Waals surface area contributed by atoms with E-state index in [2.05, 4.69) is 0 Å². The molecular weight excluding hydrogens is 190 g/mol. The molecule has 1 aromatic rings. The minimum atomic E-state index is -0.744. The summed E-state index contributed by atoms with van der Waals surface area (Å²) < 4.78 is 4.78. The van der Waals surface area contributed by atoms with E-state index in [1.54, 1.807) is 6.92 Å². The molecule has 0 aromatic heterocycles. The van der Waals surface area contributed by atoms with Crippen molar-refractivity contribution in [1.29, 1.82) is 0 Å². The summed E-state index contributed by atoms with van der Waals surface area (Å²) in [6.07, 6.45) is -1.02. The number of ether oxygens (including phenoxy) is 1. The third-order valence-electron chi connectivity index (χ3n) is 1.56. The van der Waals surface area contributed by atoms with E-state index in [1.807, 2.05) is 30.3 Å². The van der Waals surface area contributed by atoms with E-state index >= 15 is 0 Å². The van der Waals surface area contributed by atoms with Gasteiger partial charge in [-0.3, -0.25) is 0 Å². The molecule has 1 aromatic carbocycles. The molecule has 0 aliphatic carbocycles. The summed E-state index contributed by atoms with van der Waals surface area (Å²) in [7, 11) is 0. The first-order chi connectivity index (χ1) is 5.70. The number of primary amides is 1. The van der Waals surface area contributed by atoms with Crippen LogP contribution in [0.2, 0.25) is 0 Å². The average molecular weight is 202 g/mol. The Balaban J connectivity index is 0.00000144. The third kappa shape index (κ3) is 3.80. The van der Waals surface area contributed by atoms with Crippen LogP contribution >= 0.6 is 12.4 Å². The molecule has 1 atom stereocenters. The van der Waals surface area contributed by atoms with E-state index in [4.69, 9.17) is 10.5 Å². The highest BCUT2D eigenvalue weighted by Crippen LogP contribution is 2.14. The van der Waals surface area contributed by atoms with Gasteiger partial charge in [0.15, 0.2) is 0 Å². The van der Waals surface area contributed by atoms with Crippen LogP contribution in [0.1, 0.15) is 18.6 Å². The monoisotopic (exact) mass is 201 g/mol. The van der Waals surface area contributed by atoms with Gasteiger partial charge < -0.3 is 10.5 Å². The molecular formula is C9H12ClNO2. The Morgan fingerprint density at radius 1 is 1.38 bits per heavy atom. The lowest BCUT2D eigenvalue weighted by Crippen LogP contribution is -2.15. The van der Waals surface area contributed by atoms with Crippen LogP contribution < -0.4 is 5.73 Å². The van der Waals surface area contributed by atoms with E-state index in [0.717, 1.165) is 5.56 Å². The first kappa shape index (κ1) is 11.8. The minimum absolute atomic E-state index is 0. The fraction of sp³-hybridized carbons (Fsp3) is 0.222. The summed E-state index contributed by atoms with van der Waals surface area (Å²) in [5.74, 6) is 0. The highest BCUT2D eigenvalue weighted by molar-refractivity contribution is 5.85. The molecule has 0 saturated heterocycles. The highest BCUT2D eigenvalue weighted by atomic mass is 35.5. The Hall–Kier alpha value is -1.22. The molecule has 0 bridgehead atoms. The maximum atomic E-state index is 10.4. The quantitative estimate of drug-likeness (QED) is 0.798. The van der Waals surface area contributed by atoms with Gasteiger partial charge in [-0.15, -0.1) is 12.4 Å². The number of halogens is 1. The lowest BCUT2D eigenvalue weighted by molar-refractivity contribution is 0.116. The van der Waals surface area contributed by atoms with Crippen LogP contribution in [0.5, 0.6) is 0 Å². The second-order valence-corrected chi connectivity index (χ2v) is 2.49. The number of rotatable bonds is 2. The molecule has 0 spiro atoms. The molecule has 13 heavy (non-hydrogen) atoms. The van der Waals surface area contributed by atoms with Gasteiger partial charge in [0, 0.05) is 0 Å². The molecule has 0 fully saturated rings. The predicted molar refractivity (Wildman–Crippen MR) is 52.8 cm³/mol. The molecule has 4 heteroatoms. The van der Waals surface area contributed by atoms with Crippen LogP contribution in [-0.4, -0.2) is 6.09 Å². The number of hydrogen-bond acceptors (Lipinski definition) is 2. The Labute approximate surface area is 83.3 Å². The van der Waals surface area contributed by atoms with Crippen LogP contribution in [0.25, 0.3) is 0 Å². The summed E-state index contributed by atoms with van der Waals surface area (Å²) in [4.78, 5) is 10.4. The Bertz CT molecular complexity index is 264. The van der Waals surface area contributed by atoms with Crippen molar-refractivity contribution in [2.75, 3.05) is 0 Å². The second-order valence-electron chi connectivity index (χ2n) is 2.49. The Morgan fingerprint density at radius 3 is 2.38 bits per heavy atom. The zero-order chi connectivity index (χ0) is 8.97. The lowest BCUT2D eigenvalue weighted by atomic mass is 10.1. The van der Waals surface area contributed by atoms with Crippen LogP contribution in [-0.2, 0) is 4.74 Å². The van der Waals surface area contributed by atoms with E-state index < -0.39 is 6.09 Å². The van der Waals surface area contributed by atoms with E-state index in [1.165, 1.54) is 0 Å². The number of amides is 1. The number of carbonyl (C=O) groups excluding carboxylic acids is 1. The third-order valence-corrected chi connectivity index (χ3v) is 1.56. The van der Waals surface area contributed by atoms with Gasteiger partial charge in [0.2, 0.25) is 0 Å². The standard InChI is InChI=1S/C9H11NO2.ClH/c1-7(12-9(10)11)8-5-3-2-4-6-8;/h2-7H,1H3,(H2,10,11);1H. The number of carbonyl (C=O) groups is 1. The maximum absolute atomic E-state index is 10.4. The van der Waals surface area contributed by atoms with Gasteiger partial charge >= 0.3 is 6.09 Å². The van der Waals surface area contributed by atoms with Gasteiger partial charge in [0.1, 0.15) is 6.10 Å². The summed E-state index contributed by atoms with van der Waals surface area (Å²) >= 11 is 0. The number of nitrogens with two attached hydrogens (primary N) is 1. The topological polar surface area (TPSA) is 52.3 Å². The average Bonchev–Trinajstić information content (AvgIpc) is 2.05. The van der Waals surface area contributed by atoms with Gasteiger partial charge in [0.05, 0.1) is 0 Å². The fourth-order valence-corrected chi connectivity index (χ4v) is 0.966. The normalized spacial score (nSPS) is 11.2. The first-order valence-corrected chi connectivity index (χ1v) is 3.71. The largest absolute Gasteiger partial charge is 0.442 e. The summed E-state index contributed by atoms with van der Waals surface area (Å²) in [6.45, 7) is 1.78. The highest BCUT2D eigenvalue weighted by Gasteiger charge is 2.06. The van der Waals surface area contributed by atoms with Gasteiger partial charge in [0.25, 0.3) is 0 Å². The zero-order valence-electron chi connectivity index (χ0n) is 7.27. The fourth-order valence-electron chi connectivity index (χ4n) is 0.966. The number of benzene rings is 1.